The Morgan fingerprint density at radius 3 is 2.69 bits per heavy atom. The third-order valence-corrected chi connectivity index (χ3v) is 6.92. The van der Waals surface area contributed by atoms with E-state index in [2.05, 4.69) is 36.8 Å². The lowest BCUT2D eigenvalue weighted by Crippen LogP contribution is -2.50. The number of aromatic nitrogens is 2. The van der Waals surface area contributed by atoms with E-state index in [4.69, 9.17) is 4.74 Å². The molecule has 6 nitrogen and oxygen atoms in total. The molecule has 1 saturated carbocycles. The molecule has 2 aromatic carbocycles. The summed E-state index contributed by atoms with van der Waals surface area (Å²) in [5, 5.41) is 15.5. The van der Waals surface area contributed by atoms with Gasteiger partial charge in [0.2, 0.25) is 5.13 Å². The highest BCUT2D eigenvalue weighted by molar-refractivity contribution is 9.10. The molecule has 2 aliphatic rings. The van der Waals surface area contributed by atoms with Crippen molar-refractivity contribution in [3.63, 3.8) is 0 Å². The van der Waals surface area contributed by atoms with E-state index in [1.54, 1.807) is 0 Å². The fourth-order valence-electron chi connectivity index (χ4n) is 3.90. The third-order valence-electron chi connectivity index (χ3n) is 5.50. The Balaban J connectivity index is 1.29. The Morgan fingerprint density at radius 1 is 1.14 bits per heavy atom. The zero-order chi connectivity index (χ0) is 19.8. The molecule has 148 valence electrons. The van der Waals surface area contributed by atoms with E-state index < -0.39 is 0 Å². The van der Waals surface area contributed by atoms with Gasteiger partial charge in [0, 0.05) is 22.0 Å². The number of rotatable bonds is 3. The van der Waals surface area contributed by atoms with Crippen molar-refractivity contribution in [2.45, 2.75) is 37.3 Å². The van der Waals surface area contributed by atoms with Gasteiger partial charge in [-0.25, -0.2) is 4.79 Å². The van der Waals surface area contributed by atoms with Gasteiger partial charge in [0.1, 0.15) is 16.4 Å². The summed E-state index contributed by atoms with van der Waals surface area (Å²) < 4.78 is 7.25. The van der Waals surface area contributed by atoms with Crippen LogP contribution < -0.4 is 15.4 Å². The summed E-state index contributed by atoms with van der Waals surface area (Å²) in [4.78, 5) is 12.7. The van der Waals surface area contributed by atoms with Crippen LogP contribution in [0.15, 0.2) is 53.0 Å². The topological polar surface area (TPSA) is 76.1 Å². The second-order valence-corrected chi connectivity index (χ2v) is 9.34. The molecule has 8 heteroatoms. The minimum Gasteiger partial charge on any atom is -0.487 e. The van der Waals surface area contributed by atoms with Crippen LogP contribution >= 0.6 is 27.3 Å². The molecule has 2 amide bonds. The molecule has 29 heavy (non-hydrogen) atoms. The van der Waals surface area contributed by atoms with Crippen molar-refractivity contribution < 1.29 is 9.53 Å². The number of anilines is 1. The summed E-state index contributed by atoms with van der Waals surface area (Å²) in [7, 11) is 0. The largest absolute Gasteiger partial charge is 0.487 e. The van der Waals surface area contributed by atoms with Crippen LogP contribution in [0.25, 0.3) is 10.6 Å². The maximum Gasteiger partial charge on any atom is 0.321 e. The van der Waals surface area contributed by atoms with Crippen molar-refractivity contribution in [1.82, 2.24) is 15.5 Å². The molecule has 0 radical (unpaired) electrons. The minimum absolute atomic E-state index is 0.0842. The highest BCUT2D eigenvalue weighted by Crippen LogP contribution is 2.48. The summed E-state index contributed by atoms with van der Waals surface area (Å²) in [5.41, 5.74) is 1.85. The number of fused-ring (bicyclic) bond motifs is 1. The predicted octanol–water partition coefficient (Wildman–Crippen LogP) is 5.54. The minimum atomic E-state index is -0.278. The van der Waals surface area contributed by atoms with Crippen molar-refractivity contribution in [2.75, 3.05) is 5.32 Å². The van der Waals surface area contributed by atoms with Crippen LogP contribution in [0.2, 0.25) is 0 Å². The molecule has 1 spiro atoms. The van der Waals surface area contributed by atoms with Crippen LogP contribution in [-0.2, 0) is 0 Å². The maximum absolute atomic E-state index is 12.7. The van der Waals surface area contributed by atoms with Gasteiger partial charge in [-0.1, -0.05) is 57.6 Å². The van der Waals surface area contributed by atoms with E-state index in [0.717, 1.165) is 45.6 Å². The quantitative estimate of drug-likeness (QED) is 0.526. The zero-order valence-corrected chi connectivity index (χ0v) is 17.9. The van der Waals surface area contributed by atoms with Crippen molar-refractivity contribution in [3.8, 4) is 16.3 Å². The molecule has 1 aliphatic heterocycles. The van der Waals surface area contributed by atoms with E-state index in [1.807, 2.05) is 48.5 Å². The average molecular weight is 471 g/mol. The van der Waals surface area contributed by atoms with Gasteiger partial charge in [-0.05, 0) is 37.5 Å². The zero-order valence-electron chi connectivity index (χ0n) is 15.5. The highest BCUT2D eigenvalue weighted by atomic mass is 79.9. The van der Waals surface area contributed by atoms with Crippen LogP contribution in [0.5, 0.6) is 5.75 Å². The number of halogens is 1. The molecule has 1 aromatic heterocycles. The summed E-state index contributed by atoms with van der Waals surface area (Å²) in [6.45, 7) is 0. The van der Waals surface area contributed by atoms with Crippen LogP contribution in [0.1, 0.15) is 37.3 Å². The van der Waals surface area contributed by atoms with Gasteiger partial charge in [-0.2, -0.15) is 0 Å². The Hall–Kier alpha value is -2.45. The van der Waals surface area contributed by atoms with Crippen LogP contribution in [-0.4, -0.2) is 21.8 Å². The molecule has 0 saturated heterocycles. The highest BCUT2D eigenvalue weighted by Gasteiger charge is 2.45. The van der Waals surface area contributed by atoms with Gasteiger partial charge in [-0.3, -0.25) is 5.32 Å². The monoisotopic (exact) mass is 470 g/mol. The second-order valence-electron chi connectivity index (χ2n) is 7.45. The first-order valence-corrected chi connectivity index (χ1v) is 11.2. The number of urea groups is 1. The van der Waals surface area contributed by atoms with Crippen molar-refractivity contribution in [1.29, 1.82) is 0 Å². The Kier molecular flexibility index (Phi) is 4.75. The number of benzene rings is 2. The summed E-state index contributed by atoms with van der Waals surface area (Å²) in [6, 6.07) is 15.4. The first-order chi connectivity index (χ1) is 14.1. The molecule has 0 bridgehead atoms. The Labute approximate surface area is 180 Å². The maximum atomic E-state index is 12.7. The number of amides is 2. The van der Waals surface area contributed by atoms with E-state index in [0.29, 0.717) is 5.13 Å². The van der Waals surface area contributed by atoms with Gasteiger partial charge in [0.25, 0.3) is 0 Å². The number of hydrogen-bond donors (Lipinski definition) is 2. The van der Waals surface area contributed by atoms with Gasteiger partial charge >= 0.3 is 6.03 Å². The SMILES string of the molecule is O=C(Nc1nnc(-c2ccc(Br)cc2)s1)NC1CC2(CCC2)Oc2ccccc21. The molecule has 5 rings (SSSR count). The Bertz CT molecular complexity index is 1050. The van der Waals surface area contributed by atoms with E-state index >= 15 is 0 Å². The Morgan fingerprint density at radius 2 is 1.93 bits per heavy atom. The summed E-state index contributed by atoms with van der Waals surface area (Å²) in [5.74, 6) is 0.872. The van der Waals surface area contributed by atoms with Crippen LogP contribution in [0, 0.1) is 0 Å². The first-order valence-electron chi connectivity index (χ1n) is 9.55. The van der Waals surface area contributed by atoms with Gasteiger partial charge < -0.3 is 10.1 Å². The first kappa shape index (κ1) is 18.6. The number of ether oxygens (including phenoxy) is 1. The molecule has 1 unspecified atom stereocenters. The fraction of sp³-hybridized carbons (Fsp3) is 0.286. The van der Waals surface area contributed by atoms with E-state index in [-0.39, 0.29) is 17.7 Å². The molecular formula is C21H19BrN4O2S. The normalized spacial score (nSPS) is 19.0. The standard InChI is InChI=1S/C21H19BrN4O2S/c22-14-8-6-13(7-9-14)18-25-26-20(29-18)24-19(27)23-16-12-21(10-3-11-21)28-17-5-2-1-4-15(16)17/h1-2,4-9,16H,3,10-12H2,(H2,23,24,26,27). The van der Waals surface area contributed by atoms with Crippen molar-refractivity contribution in [2.24, 2.45) is 0 Å². The molecule has 2 N–H and O–H groups in total. The smallest absolute Gasteiger partial charge is 0.321 e. The number of nitrogens with zero attached hydrogens (tertiary/aromatic N) is 2. The number of carbonyl (C=O) groups excluding carboxylic acids is 1. The molecule has 3 aromatic rings. The number of nitrogens with one attached hydrogen (secondary N) is 2. The molecular weight excluding hydrogens is 452 g/mol. The van der Waals surface area contributed by atoms with Gasteiger partial charge in [0.05, 0.1) is 6.04 Å². The predicted molar refractivity (Wildman–Crippen MR) is 116 cm³/mol. The lowest BCUT2D eigenvalue weighted by molar-refractivity contribution is -0.0354. The average Bonchev–Trinajstić information content (AvgIpc) is 3.15. The second kappa shape index (κ2) is 7.42. The fourth-order valence-corrected chi connectivity index (χ4v) is 4.91. The number of carbonyl (C=O) groups is 1. The number of hydrogen-bond acceptors (Lipinski definition) is 5. The van der Waals surface area contributed by atoms with Crippen molar-refractivity contribution >= 4 is 38.4 Å². The molecule has 1 atom stereocenters. The third kappa shape index (κ3) is 3.74. The van der Waals surface area contributed by atoms with Crippen molar-refractivity contribution in [3.05, 3.63) is 58.6 Å². The summed E-state index contributed by atoms with van der Waals surface area (Å²) >= 11 is 4.77. The molecule has 1 fully saturated rings. The molecule has 2 heterocycles. The lowest BCUT2D eigenvalue weighted by Gasteiger charge is -2.47. The van der Waals surface area contributed by atoms with E-state index in [9.17, 15) is 4.79 Å². The van der Waals surface area contributed by atoms with Gasteiger partial charge in [0.15, 0.2) is 0 Å². The van der Waals surface area contributed by atoms with Crippen LogP contribution in [0.3, 0.4) is 0 Å². The summed E-state index contributed by atoms with van der Waals surface area (Å²) in [6.07, 6.45) is 4.03. The molecule has 1 aliphatic carbocycles. The number of para-hydroxylation sites is 1. The van der Waals surface area contributed by atoms with E-state index in [1.165, 1.54) is 17.8 Å². The lowest BCUT2D eigenvalue weighted by atomic mass is 9.73. The van der Waals surface area contributed by atoms with Gasteiger partial charge in [-0.15, -0.1) is 10.2 Å². The van der Waals surface area contributed by atoms with Crippen LogP contribution in [0.4, 0.5) is 9.93 Å².